The van der Waals surface area contributed by atoms with Gasteiger partial charge in [0.2, 0.25) is 20.1 Å². The maximum Gasteiger partial charge on any atom is 0.240 e. The molecule has 3 aromatic rings. The van der Waals surface area contributed by atoms with Crippen LogP contribution in [-0.4, -0.2) is 32.2 Å². The molecule has 0 fully saturated rings. The Bertz CT molecular complexity index is 1060. The number of hydrogen-bond acceptors (Lipinski definition) is 6. The molecule has 2 aromatic carbocycles. The molecule has 6 nitrogen and oxygen atoms in total. The first-order valence-electron chi connectivity index (χ1n) is 7.52. The van der Waals surface area contributed by atoms with E-state index in [-0.39, 0.29) is 4.34 Å². The topological polar surface area (TPSA) is 85.4 Å². The molecule has 1 aromatic heterocycles. The van der Waals surface area contributed by atoms with E-state index in [1.54, 1.807) is 43.3 Å². The van der Waals surface area contributed by atoms with Crippen molar-refractivity contribution in [3.63, 3.8) is 0 Å². The average molecular weight is 411 g/mol. The van der Waals surface area contributed by atoms with Crippen LogP contribution in [0.1, 0.15) is 5.56 Å². The van der Waals surface area contributed by atoms with Crippen molar-refractivity contribution in [2.75, 3.05) is 18.2 Å². The number of carbonyl (C=O) groups excluding carboxylic acids is 1. The molecule has 136 valence electrons. The van der Waals surface area contributed by atoms with Crippen LogP contribution in [0.2, 0.25) is 5.02 Å². The maximum atomic E-state index is 12.5. The number of amides is 1. The van der Waals surface area contributed by atoms with Crippen LogP contribution in [0.4, 0.5) is 5.69 Å². The summed E-state index contributed by atoms with van der Waals surface area (Å²) in [4.78, 5) is 16.4. The standard InChI is InChI=1S/C17H15ClN2O4S2/c1-10-7-13(14(24-2)8-11(10)18)19-16(21)9-26(22,23)17-20-12-5-3-4-6-15(12)25-17/h3-8H,9H2,1-2H3,(H,19,21). The van der Waals surface area contributed by atoms with Gasteiger partial charge in [-0.15, -0.1) is 11.3 Å². The van der Waals surface area contributed by atoms with E-state index in [2.05, 4.69) is 10.3 Å². The zero-order chi connectivity index (χ0) is 18.9. The lowest BCUT2D eigenvalue weighted by atomic mass is 10.2. The molecule has 0 spiro atoms. The van der Waals surface area contributed by atoms with E-state index >= 15 is 0 Å². The van der Waals surface area contributed by atoms with Gasteiger partial charge in [-0.1, -0.05) is 23.7 Å². The second kappa shape index (κ2) is 7.22. The number of anilines is 1. The first kappa shape index (κ1) is 18.6. The number of aromatic nitrogens is 1. The van der Waals surface area contributed by atoms with Gasteiger partial charge >= 0.3 is 0 Å². The van der Waals surface area contributed by atoms with Gasteiger partial charge in [0.05, 0.1) is 23.0 Å². The Balaban J connectivity index is 1.82. The summed E-state index contributed by atoms with van der Waals surface area (Å²) in [7, 11) is -2.41. The second-order valence-corrected chi connectivity index (χ2v) is 9.16. The van der Waals surface area contributed by atoms with E-state index in [0.29, 0.717) is 22.0 Å². The van der Waals surface area contributed by atoms with E-state index in [1.807, 2.05) is 0 Å². The third kappa shape index (κ3) is 3.82. The summed E-state index contributed by atoms with van der Waals surface area (Å²) in [6.45, 7) is 1.77. The molecule has 1 heterocycles. The molecule has 0 saturated carbocycles. The predicted molar refractivity (Wildman–Crippen MR) is 103 cm³/mol. The third-order valence-corrected chi connectivity index (χ3v) is 7.13. The molecule has 0 bridgehead atoms. The van der Waals surface area contributed by atoms with Gasteiger partial charge in [0.1, 0.15) is 11.5 Å². The van der Waals surface area contributed by atoms with Gasteiger partial charge in [-0.05, 0) is 30.7 Å². The van der Waals surface area contributed by atoms with Crippen LogP contribution in [0, 0.1) is 6.92 Å². The lowest BCUT2D eigenvalue weighted by Crippen LogP contribution is -2.23. The fourth-order valence-electron chi connectivity index (χ4n) is 2.33. The first-order chi connectivity index (χ1) is 12.3. The van der Waals surface area contributed by atoms with Gasteiger partial charge in [0, 0.05) is 11.1 Å². The van der Waals surface area contributed by atoms with Crippen molar-refractivity contribution in [1.82, 2.24) is 4.98 Å². The maximum absolute atomic E-state index is 12.5. The summed E-state index contributed by atoms with van der Waals surface area (Å²) >= 11 is 7.07. The van der Waals surface area contributed by atoms with Crippen molar-refractivity contribution in [3.8, 4) is 5.75 Å². The summed E-state index contributed by atoms with van der Waals surface area (Å²) in [5.41, 5.74) is 1.68. The number of hydrogen-bond donors (Lipinski definition) is 1. The number of benzene rings is 2. The Hall–Kier alpha value is -2.16. The van der Waals surface area contributed by atoms with Gasteiger partial charge in [0.25, 0.3) is 0 Å². The van der Waals surface area contributed by atoms with Crippen LogP contribution in [0.5, 0.6) is 5.75 Å². The van der Waals surface area contributed by atoms with Crippen molar-refractivity contribution in [1.29, 1.82) is 0 Å². The molecule has 1 N–H and O–H groups in total. The molecule has 3 rings (SSSR count). The molecular formula is C17H15ClN2O4S2. The second-order valence-electron chi connectivity index (χ2n) is 5.56. The van der Waals surface area contributed by atoms with Gasteiger partial charge < -0.3 is 10.1 Å². The molecular weight excluding hydrogens is 396 g/mol. The molecule has 0 aliphatic heterocycles. The summed E-state index contributed by atoms with van der Waals surface area (Å²) in [5, 5.41) is 3.05. The molecule has 26 heavy (non-hydrogen) atoms. The fraction of sp³-hybridized carbons (Fsp3) is 0.176. The number of methoxy groups -OCH3 is 1. The lowest BCUT2D eigenvalue weighted by Gasteiger charge is -2.12. The lowest BCUT2D eigenvalue weighted by molar-refractivity contribution is -0.113. The predicted octanol–water partition coefficient (Wildman–Crippen LogP) is 3.68. The summed E-state index contributed by atoms with van der Waals surface area (Å²) in [6, 6.07) is 10.3. The van der Waals surface area contributed by atoms with Crippen LogP contribution in [0.15, 0.2) is 40.7 Å². The number of fused-ring (bicyclic) bond motifs is 1. The fourth-order valence-corrected chi connectivity index (χ4v) is 4.92. The van der Waals surface area contributed by atoms with Crippen LogP contribution in [-0.2, 0) is 14.6 Å². The highest BCUT2D eigenvalue weighted by atomic mass is 35.5. The van der Waals surface area contributed by atoms with E-state index in [9.17, 15) is 13.2 Å². The number of sulfone groups is 1. The minimum absolute atomic E-state index is 0.0758. The van der Waals surface area contributed by atoms with Crippen LogP contribution in [0.3, 0.4) is 0 Å². The first-order valence-corrected chi connectivity index (χ1v) is 10.4. The van der Waals surface area contributed by atoms with Crippen molar-refractivity contribution in [2.24, 2.45) is 0 Å². The Morgan fingerprint density at radius 1 is 1.31 bits per heavy atom. The van der Waals surface area contributed by atoms with Gasteiger partial charge in [0.15, 0.2) is 0 Å². The minimum Gasteiger partial charge on any atom is -0.495 e. The monoisotopic (exact) mass is 410 g/mol. The van der Waals surface area contributed by atoms with Crippen LogP contribution in [0.25, 0.3) is 10.2 Å². The molecule has 0 aliphatic carbocycles. The molecule has 9 heteroatoms. The van der Waals surface area contributed by atoms with Crippen LogP contribution < -0.4 is 10.1 Å². The smallest absolute Gasteiger partial charge is 0.240 e. The zero-order valence-corrected chi connectivity index (χ0v) is 16.3. The number of para-hydroxylation sites is 1. The Kier molecular flexibility index (Phi) is 5.17. The van der Waals surface area contributed by atoms with E-state index in [4.69, 9.17) is 16.3 Å². The number of rotatable bonds is 5. The van der Waals surface area contributed by atoms with Gasteiger partial charge in [-0.3, -0.25) is 4.79 Å². The van der Waals surface area contributed by atoms with Gasteiger partial charge in [-0.2, -0.15) is 0 Å². The third-order valence-electron chi connectivity index (χ3n) is 3.62. The Morgan fingerprint density at radius 3 is 2.73 bits per heavy atom. The Morgan fingerprint density at radius 2 is 2.04 bits per heavy atom. The van der Waals surface area contributed by atoms with Gasteiger partial charge in [-0.25, -0.2) is 13.4 Å². The Labute approximate surface area is 159 Å². The quantitative estimate of drug-likeness (QED) is 0.693. The zero-order valence-electron chi connectivity index (χ0n) is 13.9. The number of nitrogens with one attached hydrogen (secondary N) is 1. The van der Waals surface area contributed by atoms with Crippen molar-refractivity contribution < 1.29 is 17.9 Å². The van der Waals surface area contributed by atoms with Crippen molar-refractivity contribution >= 4 is 54.6 Å². The van der Waals surface area contributed by atoms with E-state index in [0.717, 1.165) is 21.6 Å². The minimum atomic E-state index is -3.85. The van der Waals surface area contributed by atoms with E-state index in [1.165, 1.54) is 7.11 Å². The molecule has 0 atom stereocenters. The number of carbonyl (C=O) groups is 1. The van der Waals surface area contributed by atoms with Crippen molar-refractivity contribution in [3.05, 3.63) is 47.0 Å². The molecule has 0 saturated heterocycles. The summed E-state index contributed by atoms with van der Waals surface area (Å²) < 4.78 is 30.9. The number of ether oxygens (including phenoxy) is 1. The molecule has 0 radical (unpaired) electrons. The van der Waals surface area contributed by atoms with E-state index < -0.39 is 21.5 Å². The number of aryl methyl sites for hydroxylation is 1. The van der Waals surface area contributed by atoms with Crippen molar-refractivity contribution in [2.45, 2.75) is 11.3 Å². The summed E-state index contributed by atoms with van der Waals surface area (Å²) in [6.07, 6.45) is 0. The normalized spacial score (nSPS) is 11.5. The molecule has 0 aliphatic rings. The highest BCUT2D eigenvalue weighted by Gasteiger charge is 2.24. The molecule has 1 amide bonds. The SMILES string of the molecule is COc1cc(Cl)c(C)cc1NC(=O)CS(=O)(=O)c1nc2ccccc2s1. The number of thiazole rings is 1. The number of nitrogens with zero attached hydrogens (tertiary/aromatic N) is 1. The highest BCUT2D eigenvalue weighted by molar-refractivity contribution is 7.94. The van der Waals surface area contributed by atoms with Crippen LogP contribution >= 0.6 is 22.9 Å². The average Bonchev–Trinajstić information content (AvgIpc) is 3.02. The number of halogens is 1. The largest absolute Gasteiger partial charge is 0.495 e. The molecule has 0 unspecified atom stereocenters. The highest BCUT2D eigenvalue weighted by Crippen LogP contribution is 2.31. The summed E-state index contributed by atoms with van der Waals surface area (Å²) in [5.74, 6) is -1.03.